The van der Waals surface area contributed by atoms with Crippen molar-refractivity contribution in [1.29, 1.82) is 0 Å². The maximum Gasteiger partial charge on any atom is 0.338 e. The third-order valence-corrected chi connectivity index (χ3v) is 2.31. The van der Waals surface area contributed by atoms with Crippen LogP contribution in [0.15, 0.2) is 30.6 Å². The zero-order valence-electron chi connectivity index (χ0n) is 9.01. The summed E-state index contributed by atoms with van der Waals surface area (Å²) in [6.45, 7) is 1.64. The Bertz CT molecular complexity index is 567. The molecule has 1 aromatic heterocycles. The SMILES string of the molecule is Cc1cc(-c2ncc(C(=O)O)cn2)ccc1F. The van der Waals surface area contributed by atoms with E-state index in [1.165, 1.54) is 18.5 Å². The van der Waals surface area contributed by atoms with E-state index in [1.807, 2.05) is 0 Å². The van der Waals surface area contributed by atoms with E-state index in [0.717, 1.165) is 0 Å². The molecular formula is C12H9FN2O2. The Morgan fingerprint density at radius 3 is 2.47 bits per heavy atom. The van der Waals surface area contributed by atoms with Crippen molar-refractivity contribution < 1.29 is 14.3 Å². The van der Waals surface area contributed by atoms with Gasteiger partial charge in [0.25, 0.3) is 0 Å². The summed E-state index contributed by atoms with van der Waals surface area (Å²) in [5, 5.41) is 8.70. The van der Waals surface area contributed by atoms with Crippen molar-refractivity contribution in [3.63, 3.8) is 0 Å². The van der Waals surface area contributed by atoms with Gasteiger partial charge in [0, 0.05) is 18.0 Å². The van der Waals surface area contributed by atoms with Crippen LogP contribution in [0.5, 0.6) is 0 Å². The molecule has 5 heteroatoms. The van der Waals surface area contributed by atoms with Gasteiger partial charge in [-0.1, -0.05) is 0 Å². The molecule has 0 aliphatic heterocycles. The number of halogens is 1. The molecule has 0 atom stereocenters. The van der Waals surface area contributed by atoms with Gasteiger partial charge < -0.3 is 5.11 Å². The predicted molar refractivity (Wildman–Crippen MR) is 59.1 cm³/mol. The first-order chi connectivity index (χ1) is 8.08. The quantitative estimate of drug-likeness (QED) is 0.862. The molecule has 0 saturated heterocycles. The van der Waals surface area contributed by atoms with E-state index in [0.29, 0.717) is 17.0 Å². The molecule has 0 bridgehead atoms. The van der Waals surface area contributed by atoms with Gasteiger partial charge in [0.05, 0.1) is 5.56 Å². The second kappa shape index (κ2) is 4.29. The monoisotopic (exact) mass is 232 g/mol. The van der Waals surface area contributed by atoms with Crippen LogP contribution in [0.2, 0.25) is 0 Å². The molecule has 0 aliphatic carbocycles. The smallest absolute Gasteiger partial charge is 0.338 e. The van der Waals surface area contributed by atoms with Crippen molar-refractivity contribution >= 4 is 5.97 Å². The Kier molecular flexibility index (Phi) is 2.82. The lowest BCUT2D eigenvalue weighted by Gasteiger charge is -2.02. The number of aryl methyl sites for hydroxylation is 1. The maximum absolute atomic E-state index is 13.1. The minimum atomic E-state index is -1.08. The van der Waals surface area contributed by atoms with Crippen molar-refractivity contribution in [3.05, 3.63) is 47.5 Å². The molecule has 0 spiro atoms. The summed E-state index contributed by atoms with van der Waals surface area (Å²) in [6, 6.07) is 4.50. The number of hydrogen-bond acceptors (Lipinski definition) is 3. The molecule has 86 valence electrons. The Balaban J connectivity index is 2.39. The van der Waals surface area contributed by atoms with Gasteiger partial charge in [-0.3, -0.25) is 0 Å². The van der Waals surface area contributed by atoms with Crippen LogP contribution in [0, 0.1) is 12.7 Å². The van der Waals surface area contributed by atoms with Gasteiger partial charge in [-0.2, -0.15) is 0 Å². The molecule has 2 rings (SSSR count). The van der Waals surface area contributed by atoms with Crippen LogP contribution in [-0.4, -0.2) is 21.0 Å². The van der Waals surface area contributed by atoms with Gasteiger partial charge in [-0.05, 0) is 30.7 Å². The van der Waals surface area contributed by atoms with E-state index in [1.54, 1.807) is 19.1 Å². The summed E-state index contributed by atoms with van der Waals surface area (Å²) in [6.07, 6.45) is 2.45. The summed E-state index contributed by atoms with van der Waals surface area (Å²) >= 11 is 0. The lowest BCUT2D eigenvalue weighted by atomic mass is 10.1. The van der Waals surface area contributed by atoms with E-state index in [-0.39, 0.29) is 11.4 Å². The van der Waals surface area contributed by atoms with Crippen molar-refractivity contribution in [1.82, 2.24) is 9.97 Å². The Morgan fingerprint density at radius 1 is 1.29 bits per heavy atom. The van der Waals surface area contributed by atoms with E-state index in [9.17, 15) is 9.18 Å². The number of carboxylic acid groups (broad SMARTS) is 1. The molecule has 1 N–H and O–H groups in total. The van der Waals surface area contributed by atoms with Crippen LogP contribution in [0.25, 0.3) is 11.4 Å². The minimum Gasteiger partial charge on any atom is -0.478 e. The van der Waals surface area contributed by atoms with E-state index < -0.39 is 5.97 Å². The maximum atomic E-state index is 13.1. The fourth-order valence-corrected chi connectivity index (χ4v) is 1.37. The van der Waals surface area contributed by atoms with Crippen LogP contribution in [-0.2, 0) is 0 Å². The van der Waals surface area contributed by atoms with E-state index in [2.05, 4.69) is 9.97 Å². The van der Waals surface area contributed by atoms with E-state index >= 15 is 0 Å². The third kappa shape index (κ3) is 2.28. The predicted octanol–water partition coefficient (Wildman–Crippen LogP) is 2.29. The van der Waals surface area contributed by atoms with Crippen molar-refractivity contribution in [2.75, 3.05) is 0 Å². The molecule has 0 radical (unpaired) electrons. The van der Waals surface area contributed by atoms with Crippen LogP contribution in [0.3, 0.4) is 0 Å². The number of carbonyl (C=O) groups is 1. The molecule has 2 aromatic rings. The lowest BCUT2D eigenvalue weighted by Crippen LogP contribution is -1.99. The molecule has 0 aliphatic rings. The first-order valence-electron chi connectivity index (χ1n) is 4.90. The van der Waals surface area contributed by atoms with Crippen LogP contribution < -0.4 is 0 Å². The minimum absolute atomic E-state index is 0.0209. The van der Waals surface area contributed by atoms with Crippen LogP contribution in [0.1, 0.15) is 15.9 Å². The zero-order valence-corrected chi connectivity index (χ0v) is 9.01. The first kappa shape index (κ1) is 11.2. The lowest BCUT2D eigenvalue weighted by molar-refractivity contribution is 0.0696. The standard InChI is InChI=1S/C12H9FN2O2/c1-7-4-8(2-3-10(7)13)11-14-5-9(6-15-11)12(16)17/h2-6H,1H3,(H,16,17). The summed E-state index contributed by atoms with van der Waals surface area (Å²) in [7, 11) is 0. The third-order valence-electron chi connectivity index (χ3n) is 2.31. The van der Waals surface area contributed by atoms with Crippen LogP contribution >= 0.6 is 0 Å². The average Bonchev–Trinajstić information content (AvgIpc) is 2.33. The van der Waals surface area contributed by atoms with Gasteiger partial charge in [-0.25, -0.2) is 19.2 Å². The highest BCUT2D eigenvalue weighted by molar-refractivity contribution is 5.86. The molecule has 1 heterocycles. The van der Waals surface area contributed by atoms with E-state index in [4.69, 9.17) is 5.11 Å². The molecule has 17 heavy (non-hydrogen) atoms. The number of aromatic nitrogens is 2. The van der Waals surface area contributed by atoms with Gasteiger partial charge >= 0.3 is 5.97 Å². The highest BCUT2D eigenvalue weighted by Gasteiger charge is 2.07. The summed E-state index contributed by atoms with van der Waals surface area (Å²) in [5.41, 5.74) is 1.17. The van der Waals surface area contributed by atoms with Crippen molar-refractivity contribution in [3.8, 4) is 11.4 Å². The number of aromatic carboxylic acids is 1. The fourth-order valence-electron chi connectivity index (χ4n) is 1.37. The summed E-state index contributed by atoms with van der Waals surface area (Å²) in [4.78, 5) is 18.5. The fraction of sp³-hybridized carbons (Fsp3) is 0.0833. The summed E-state index contributed by atoms with van der Waals surface area (Å²) < 4.78 is 13.1. The molecule has 0 unspecified atom stereocenters. The van der Waals surface area contributed by atoms with Gasteiger partial charge in [0.2, 0.25) is 0 Å². The van der Waals surface area contributed by atoms with Crippen molar-refractivity contribution in [2.45, 2.75) is 6.92 Å². The number of rotatable bonds is 2. The van der Waals surface area contributed by atoms with Gasteiger partial charge in [-0.15, -0.1) is 0 Å². The van der Waals surface area contributed by atoms with Gasteiger partial charge in [0.1, 0.15) is 5.82 Å². The first-order valence-corrected chi connectivity index (χ1v) is 4.90. The van der Waals surface area contributed by atoms with Crippen molar-refractivity contribution in [2.24, 2.45) is 0 Å². The normalized spacial score (nSPS) is 10.2. The Labute approximate surface area is 96.8 Å². The summed E-state index contributed by atoms with van der Waals surface area (Å²) in [5.74, 6) is -0.999. The second-order valence-corrected chi connectivity index (χ2v) is 3.56. The number of hydrogen-bond donors (Lipinski definition) is 1. The largest absolute Gasteiger partial charge is 0.478 e. The number of carboxylic acids is 1. The molecule has 0 fully saturated rings. The second-order valence-electron chi connectivity index (χ2n) is 3.56. The molecule has 0 amide bonds. The molecular weight excluding hydrogens is 223 g/mol. The highest BCUT2D eigenvalue weighted by Crippen LogP contribution is 2.17. The Hall–Kier alpha value is -2.30. The number of benzene rings is 1. The topological polar surface area (TPSA) is 63.1 Å². The highest BCUT2D eigenvalue weighted by atomic mass is 19.1. The zero-order chi connectivity index (χ0) is 12.4. The molecule has 1 aromatic carbocycles. The van der Waals surface area contributed by atoms with Crippen LogP contribution in [0.4, 0.5) is 4.39 Å². The number of nitrogens with zero attached hydrogens (tertiary/aromatic N) is 2. The molecule has 0 saturated carbocycles. The average molecular weight is 232 g/mol. The Morgan fingerprint density at radius 2 is 1.94 bits per heavy atom. The molecule has 4 nitrogen and oxygen atoms in total. The van der Waals surface area contributed by atoms with Gasteiger partial charge in [0.15, 0.2) is 5.82 Å².